The second-order valence-corrected chi connectivity index (χ2v) is 7.05. The van der Waals surface area contributed by atoms with Gasteiger partial charge in [0.25, 0.3) is 0 Å². The SMILES string of the molecule is CCCN1C(=O)C(=O)N(C[NH+]2CCc3sccc3[C@H]2CC)C1=O. The van der Waals surface area contributed by atoms with Crippen molar-refractivity contribution in [3.05, 3.63) is 21.9 Å². The first kappa shape index (κ1) is 16.1. The number of carbonyl (C=O) groups is 3. The van der Waals surface area contributed by atoms with Crippen molar-refractivity contribution in [1.82, 2.24) is 9.80 Å². The van der Waals surface area contributed by atoms with Crippen molar-refractivity contribution < 1.29 is 19.3 Å². The van der Waals surface area contributed by atoms with Crippen LogP contribution in [0, 0.1) is 0 Å². The van der Waals surface area contributed by atoms with Crippen molar-refractivity contribution in [1.29, 1.82) is 0 Å². The summed E-state index contributed by atoms with van der Waals surface area (Å²) in [4.78, 5) is 41.3. The summed E-state index contributed by atoms with van der Waals surface area (Å²) in [7, 11) is 0. The van der Waals surface area contributed by atoms with E-state index < -0.39 is 17.8 Å². The summed E-state index contributed by atoms with van der Waals surface area (Å²) in [5.74, 6) is -1.36. The fourth-order valence-corrected chi connectivity index (χ4v) is 4.49. The van der Waals surface area contributed by atoms with Gasteiger partial charge in [-0.1, -0.05) is 13.8 Å². The average molecular weight is 336 g/mol. The molecule has 1 unspecified atom stereocenters. The standard InChI is InChI=1S/C16H21N3O3S/c1-3-7-18-14(20)15(21)19(16(18)22)10-17-8-5-13-11(6-9-23-13)12(17)4-2/h6,9,12H,3-5,7-8,10H2,1-2H3/p+1/t12-/m1/s1. The molecule has 0 radical (unpaired) electrons. The van der Waals surface area contributed by atoms with Gasteiger partial charge in [0.15, 0.2) is 6.67 Å². The zero-order chi connectivity index (χ0) is 16.6. The first-order valence-electron chi connectivity index (χ1n) is 8.16. The molecule has 0 aliphatic carbocycles. The van der Waals surface area contributed by atoms with E-state index in [2.05, 4.69) is 18.4 Å². The normalized spacial score (nSPS) is 24.5. The molecule has 6 nitrogen and oxygen atoms in total. The summed E-state index contributed by atoms with van der Waals surface area (Å²) in [6.45, 7) is 5.47. The van der Waals surface area contributed by atoms with Gasteiger partial charge in [0.1, 0.15) is 6.04 Å². The molecule has 1 fully saturated rings. The maximum Gasteiger partial charge on any atom is 0.338 e. The Balaban J connectivity index is 1.78. The lowest BCUT2D eigenvalue weighted by Crippen LogP contribution is -3.14. The number of fused-ring (bicyclic) bond motifs is 1. The van der Waals surface area contributed by atoms with Gasteiger partial charge in [-0.15, -0.1) is 11.3 Å². The number of quaternary nitrogens is 1. The Hall–Kier alpha value is -1.73. The third-order valence-corrected chi connectivity index (χ3v) is 5.67. The molecule has 2 atom stereocenters. The van der Waals surface area contributed by atoms with E-state index in [0.717, 1.165) is 29.2 Å². The van der Waals surface area contributed by atoms with Gasteiger partial charge in [-0.05, 0) is 17.9 Å². The van der Waals surface area contributed by atoms with E-state index >= 15 is 0 Å². The number of imide groups is 2. The van der Waals surface area contributed by atoms with E-state index in [1.54, 1.807) is 11.3 Å². The van der Waals surface area contributed by atoms with Gasteiger partial charge in [-0.3, -0.25) is 14.5 Å². The van der Waals surface area contributed by atoms with Gasteiger partial charge in [0, 0.05) is 29.8 Å². The summed E-state index contributed by atoms with van der Waals surface area (Å²) >= 11 is 1.77. The van der Waals surface area contributed by atoms with Crippen molar-refractivity contribution in [2.45, 2.75) is 39.2 Å². The fourth-order valence-electron chi connectivity index (χ4n) is 3.54. The zero-order valence-corrected chi connectivity index (χ0v) is 14.3. The minimum absolute atomic E-state index is 0.275. The number of hydrogen-bond acceptors (Lipinski definition) is 4. The highest BCUT2D eigenvalue weighted by Gasteiger charge is 2.46. The molecule has 1 aromatic rings. The lowest BCUT2D eigenvalue weighted by molar-refractivity contribution is -0.940. The Morgan fingerprint density at radius 3 is 2.65 bits per heavy atom. The van der Waals surface area contributed by atoms with Crippen molar-refractivity contribution >= 4 is 29.2 Å². The molecule has 124 valence electrons. The lowest BCUT2D eigenvalue weighted by Gasteiger charge is -2.33. The molecule has 0 spiro atoms. The second-order valence-electron chi connectivity index (χ2n) is 6.05. The molecule has 7 heteroatoms. The summed E-state index contributed by atoms with van der Waals surface area (Å²) in [6, 6.07) is 1.97. The van der Waals surface area contributed by atoms with Crippen LogP contribution in [0.5, 0.6) is 0 Å². The summed E-state index contributed by atoms with van der Waals surface area (Å²) in [5.41, 5.74) is 1.33. The van der Waals surface area contributed by atoms with E-state index in [-0.39, 0.29) is 12.7 Å². The second kappa shape index (κ2) is 6.41. The largest absolute Gasteiger partial charge is 0.338 e. The number of hydrogen-bond donors (Lipinski definition) is 1. The highest BCUT2D eigenvalue weighted by molar-refractivity contribution is 7.10. The van der Waals surface area contributed by atoms with Crippen LogP contribution >= 0.6 is 11.3 Å². The molecule has 4 amide bonds. The fraction of sp³-hybridized carbons (Fsp3) is 0.562. The molecule has 3 rings (SSSR count). The van der Waals surface area contributed by atoms with Crippen molar-refractivity contribution in [3.8, 4) is 0 Å². The van der Waals surface area contributed by atoms with Crippen LogP contribution in [0.3, 0.4) is 0 Å². The molecule has 2 aliphatic rings. The van der Waals surface area contributed by atoms with Gasteiger partial charge < -0.3 is 4.90 Å². The third kappa shape index (κ3) is 2.68. The maximum atomic E-state index is 12.4. The Morgan fingerprint density at radius 2 is 1.96 bits per heavy atom. The lowest BCUT2D eigenvalue weighted by atomic mass is 9.98. The summed E-state index contributed by atoms with van der Waals surface area (Å²) < 4.78 is 0. The van der Waals surface area contributed by atoms with Crippen LogP contribution in [0.15, 0.2) is 11.4 Å². The van der Waals surface area contributed by atoms with Crippen LogP contribution < -0.4 is 4.90 Å². The number of nitrogens with zero attached hydrogens (tertiary/aromatic N) is 2. The van der Waals surface area contributed by atoms with Gasteiger partial charge >= 0.3 is 17.8 Å². The van der Waals surface area contributed by atoms with E-state index in [4.69, 9.17) is 0 Å². The molecule has 1 N–H and O–H groups in total. The van der Waals surface area contributed by atoms with Crippen LogP contribution in [0.2, 0.25) is 0 Å². The molecule has 0 aromatic carbocycles. The van der Waals surface area contributed by atoms with E-state index in [0.29, 0.717) is 13.0 Å². The maximum absolute atomic E-state index is 12.4. The van der Waals surface area contributed by atoms with Gasteiger partial charge in [0.2, 0.25) is 0 Å². The van der Waals surface area contributed by atoms with E-state index in [9.17, 15) is 14.4 Å². The predicted octanol–water partition coefficient (Wildman–Crippen LogP) is 0.798. The molecule has 1 aromatic heterocycles. The number of urea groups is 1. The number of thiophene rings is 1. The van der Waals surface area contributed by atoms with Crippen LogP contribution in [0.25, 0.3) is 0 Å². The average Bonchev–Trinajstić information content (AvgIpc) is 3.10. The molecule has 0 saturated carbocycles. The highest BCUT2D eigenvalue weighted by atomic mass is 32.1. The number of rotatable bonds is 5. The smallest absolute Gasteiger partial charge is 0.311 e. The Morgan fingerprint density at radius 1 is 1.22 bits per heavy atom. The van der Waals surface area contributed by atoms with Crippen LogP contribution in [0.1, 0.15) is 43.2 Å². The molecule has 23 heavy (non-hydrogen) atoms. The van der Waals surface area contributed by atoms with Crippen LogP contribution in [0.4, 0.5) is 4.79 Å². The van der Waals surface area contributed by atoms with E-state index in [1.807, 2.05) is 6.92 Å². The molecule has 3 heterocycles. The number of amides is 4. The first-order valence-corrected chi connectivity index (χ1v) is 9.04. The van der Waals surface area contributed by atoms with Crippen molar-refractivity contribution in [2.24, 2.45) is 0 Å². The molecule has 0 bridgehead atoms. The summed E-state index contributed by atoms with van der Waals surface area (Å²) in [6.07, 6.45) is 2.56. The summed E-state index contributed by atoms with van der Waals surface area (Å²) in [5, 5.41) is 2.11. The van der Waals surface area contributed by atoms with E-state index in [1.165, 1.54) is 15.3 Å². The number of carbonyl (C=O) groups excluding carboxylic acids is 3. The Labute approximate surface area is 139 Å². The van der Waals surface area contributed by atoms with Gasteiger partial charge in [0.05, 0.1) is 6.54 Å². The Bertz CT molecular complexity index is 642. The quantitative estimate of drug-likeness (QED) is 0.639. The highest BCUT2D eigenvalue weighted by Crippen LogP contribution is 2.27. The van der Waals surface area contributed by atoms with Gasteiger partial charge in [-0.25, -0.2) is 9.69 Å². The molecular weight excluding hydrogens is 314 g/mol. The predicted molar refractivity (Wildman–Crippen MR) is 86.0 cm³/mol. The molecule has 1 saturated heterocycles. The van der Waals surface area contributed by atoms with Gasteiger partial charge in [-0.2, -0.15) is 0 Å². The minimum atomic E-state index is -0.683. The third-order valence-electron chi connectivity index (χ3n) is 4.67. The topological polar surface area (TPSA) is 62.1 Å². The zero-order valence-electron chi connectivity index (χ0n) is 13.5. The number of nitrogens with one attached hydrogen (secondary N) is 1. The molecular formula is C16H22N3O3S+. The minimum Gasteiger partial charge on any atom is -0.311 e. The van der Waals surface area contributed by atoms with Crippen molar-refractivity contribution in [2.75, 3.05) is 19.8 Å². The van der Waals surface area contributed by atoms with Crippen LogP contribution in [-0.4, -0.2) is 47.4 Å². The monoisotopic (exact) mass is 336 g/mol. The van der Waals surface area contributed by atoms with Crippen LogP contribution in [-0.2, 0) is 16.0 Å². The Kier molecular flexibility index (Phi) is 4.50. The first-order chi connectivity index (χ1) is 11.1. The van der Waals surface area contributed by atoms with Crippen molar-refractivity contribution in [3.63, 3.8) is 0 Å². The molecule has 2 aliphatic heterocycles.